The predicted octanol–water partition coefficient (Wildman–Crippen LogP) is 13.3. The number of aliphatic hydroxyl groups excluding tert-OH is 4. The van der Waals surface area contributed by atoms with Crippen molar-refractivity contribution in [1.29, 1.82) is 0 Å². The summed E-state index contributed by atoms with van der Waals surface area (Å²) >= 11 is 0. The SMILES string of the molecule is CC[Si](CC)(CC)O[C@H]1[C@@H](C)[C@@H](C[C@H](COC)O[C@H]2C[C@](C)(O[Si](CC)(CC)CC)[C@@H](O[C@H]3C[C@@H](OC)[C@H](O[Si](C)(C)C(C)(C)C)[C@@H](C)O3)[C@H](C)O2)O[C@@](OC)([C@H](O)[C@@H]2C[C@H](OC)[C@@H](O)CC/C=C(C)/C=C/C(O[C@@H]3O[C@@H](C)[C@H](OC)[C@@H](O)[C@@H]3O)[C@H](C)/C=C(C)/C=C(C)/C=C(\C)C(=O)O2)[C@@H]1C. The van der Waals surface area contributed by atoms with Gasteiger partial charge in [-0.2, -0.15) is 0 Å². The fraction of sp³-hybridized carbons (Fsp3) is 0.857. The maximum absolute atomic E-state index is 14.8. The van der Waals surface area contributed by atoms with Crippen LogP contribution in [-0.4, -0.2) is 228 Å². The number of cyclic esters (lactones) is 1. The van der Waals surface area contributed by atoms with E-state index in [-0.39, 0.29) is 66.6 Å². The molecule has 5 heterocycles. The number of carbonyl (C=O) groups excluding carboxylic acids is 1. The Labute approximate surface area is 612 Å². The quantitative estimate of drug-likeness (QED) is 0.0420. The van der Waals surface area contributed by atoms with Gasteiger partial charge < -0.3 is 95.3 Å². The van der Waals surface area contributed by atoms with Crippen LogP contribution < -0.4 is 0 Å². The van der Waals surface area contributed by atoms with Crippen LogP contribution in [0.2, 0.25) is 54.4 Å². The number of hydrogen-bond acceptors (Lipinski definition) is 21. The molecule has 0 aromatic heterocycles. The Morgan fingerprint density at radius 1 is 0.693 bits per heavy atom. The van der Waals surface area contributed by atoms with Gasteiger partial charge in [-0.15, -0.1) is 0 Å². The normalized spacial score (nSPS) is 39.8. The summed E-state index contributed by atoms with van der Waals surface area (Å²) < 4.78 is 107. The maximum atomic E-state index is 14.8. The zero-order valence-corrected chi connectivity index (χ0v) is 70.2. The highest BCUT2D eigenvalue weighted by atomic mass is 28.4. The van der Waals surface area contributed by atoms with E-state index < -0.39 is 153 Å². The monoisotopic (exact) mass is 1480 g/mol. The van der Waals surface area contributed by atoms with E-state index in [1.807, 2.05) is 78.8 Å². The molecule has 5 aliphatic heterocycles. The number of esters is 1. The van der Waals surface area contributed by atoms with Crippen molar-refractivity contribution in [2.45, 2.75) is 365 Å². The average molecular weight is 1490 g/mol. The molecule has 0 radical (unpaired) electrons. The molecule has 0 aromatic carbocycles. The highest BCUT2D eigenvalue weighted by Gasteiger charge is 2.61. The first kappa shape index (κ1) is 89.7. The Kier molecular flexibility index (Phi) is 35.0. The Morgan fingerprint density at radius 2 is 1.30 bits per heavy atom. The van der Waals surface area contributed by atoms with E-state index in [0.717, 1.165) is 53.0 Å². The van der Waals surface area contributed by atoms with Crippen molar-refractivity contribution in [3.8, 4) is 0 Å². The van der Waals surface area contributed by atoms with Gasteiger partial charge in [-0.1, -0.05) is 130 Å². The van der Waals surface area contributed by atoms with Crippen molar-refractivity contribution in [1.82, 2.24) is 0 Å². The molecule has 5 aliphatic rings. The standard InChI is InChI=1S/C77H140O21Si3/c1-28-100(29-2,30-3)97-68-52(12)60(42-57(46-83-21)91-65-45-76(20,98-101(31-4,32-5)33-6)72(56(16)89-65)94-64-44-62(85-23)69(54(14)88-64)96-99(26,27)75(17,18)19)95-77(87-25,53(68)13)71(81)63-43-61(84-22)58(78)36-34-35-47(7)37-38-59(93-74-67(80)66(79)70(86-24)55(15)90-74)50(10)40-48(8)39-49(9)41-51(11)73(82)92-63/h35,37-41,50,52-72,74,78-81H,28-34,36,42-46H2,1-27H3/b38-37+,47-35+,48-40+,49-39+,51-41+/t50-,52+,53-,54-,55+,56+,57-,58+,59?,60-,61+,62-,63+,64+,65+,66+,67+,68+,69-,70+,71-,72+,74+,76+,77-/m1/s1. The van der Waals surface area contributed by atoms with Gasteiger partial charge in [-0.3, -0.25) is 0 Å². The number of ether oxygens (including phenoxy) is 13. The lowest BCUT2D eigenvalue weighted by Gasteiger charge is -2.56. The molecule has 4 fully saturated rings. The van der Waals surface area contributed by atoms with Gasteiger partial charge in [-0.05, 0) is 129 Å². The minimum atomic E-state index is -2.43. The van der Waals surface area contributed by atoms with Crippen LogP contribution in [-0.2, 0) is 79.7 Å². The number of methoxy groups -OCH3 is 5. The molecule has 0 bridgehead atoms. The van der Waals surface area contributed by atoms with Crippen molar-refractivity contribution < 1.29 is 100 Å². The fourth-order valence-corrected chi connectivity index (χ4v) is 23.1. The van der Waals surface area contributed by atoms with Gasteiger partial charge in [0.1, 0.15) is 36.6 Å². The molecule has 0 amide bonds. The number of carbonyl (C=O) groups is 1. The van der Waals surface area contributed by atoms with Crippen LogP contribution in [0.4, 0.5) is 0 Å². The molecule has 0 saturated carbocycles. The Morgan fingerprint density at radius 3 is 1.86 bits per heavy atom. The Hall–Kier alpha value is -1.94. The zero-order chi connectivity index (χ0) is 75.9. The number of aliphatic hydroxyl groups is 4. The van der Waals surface area contributed by atoms with Gasteiger partial charge in [0.25, 0.3) is 0 Å². The molecule has 24 heteroatoms. The molecule has 4 saturated heterocycles. The van der Waals surface area contributed by atoms with E-state index in [9.17, 15) is 25.2 Å². The molecule has 25 atom stereocenters. The number of hydrogen-bond donors (Lipinski definition) is 4. The summed E-state index contributed by atoms with van der Waals surface area (Å²) in [7, 11) is 0.865. The summed E-state index contributed by atoms with van der Waals surface area (Å²) in [5.41, 5.74) is 1.84. The Bertz CT molecular complexity index is 2660. The van der Waals surface area contributed by atoms with Crippen LogP contribution in [0.25, 0.3) is 0 Å². The first-order valence-corrected chi connectivity index (χ1v) is 45.9. The van der Waals surface area contributed by atoms with Gasteiger partial charge >= 0.3 is 5.97 Å². The minimum absolute atomic E-state index is 0.00758. The van der Waals surface area contributed by atoms with Gasteiger partial charge in [0.2, 0.25) is 5.79 Å². The van der Waals surface area contributed by atoms with E-state index in [0.29, 0.717) is 19.3 Å². The predicted molar refractivity (Wildman–Crippen MR) is 401 cm³/mol. The largest absolute Gasteiger partial charge is 0.456 e. The molecular weight excluding hydrogens is 1350 g/mol. The highest BCUT2D eigenvalue weighted by molar-refractivity contribution is 6.74. The second-order valence-electron chi connectivity index (χ2n) is 31.6. The van der Waals surface area contributed by atoms with Crippen molar-refractivity contribution >= 4 is 30.9 Å². The molecule has 5 rings (SSSR count). The molecule has 4 N–H and O–H groups in total. The van der Waals surface area contributed by atoms with Gasteiger partial charge in [0.05, 0.1) is 79.4 Å². The smallest absolute Gasteiger partial charge is 0.334 e. The molecule has 0 aliphatic carbocycles. The second kappa shape index (κ2) is 39.4. The lowest BCUT2D eigenvalue weighted by molar-refractivity contribution is -0.372. The second-order valence-corrected chi connectivity index (χ2v) is 45.8. The van der Waals surface area contributed by atoms with Gasteiger partial charge in [0, 0.05) is 84.6 Å². The third kappa shape index (κ3) is 22.6. The summed E-state index contributed by atoms with van der Waals surface area (Å²) in [6.07, 6.45) is -2.86. The van der Waals surface area contributed by atoms with Crippen LogP contribution in [0.1, 0.15) is 177 Å². The third-order valence-corrected chi connectivity index (χ3v) is 37.4. The number of allylic oxidation sites excluding steroid dienone is 7. The highest BCUT2D eigenvalue weighted by Crippen LogP contribution is 2.49. The van der Waals surface area contributed by atoms with E-state index in [1.165, 1.54) is 21.3 Å². The maximum Gasteiger partial charge on any atom is 0.334 e. The molecule has 0 aromatic rings. The fourth-order valence-electron chi connectivity index (χ4n) is 15.6. The van der Waals surface area contributed by atoms with Crippen LogP contribution >= 0.6 is 0 Å². The van der Waals surface area contributed by atoms with Crippen LogP contribution in [0, 0.1) is 17.8 Å². The third-order valence-electron chi connectivity index (χ3n) is 23.5. The summed E-state index contributed by atoms with van der Waals surface area (Å²) in [6.45, 7) is 46.1. The van der Waals surface area contributed by atoms with Gasteiger partial charge in [0.15, 0.2) is 43.8 Å². The summed E-state index contributed by atoms with van der Waals surface area (Å²) in [5.74, 6) is -3.79. The van der Waals surface area contributed by atoms with E-state index in [4.69, 9.17) is 74.9 Å². The first-order chi connectivity index (χ1) is 47.3. The molecule has 0 spiro atoms. The van der Waals surface area contributed by atoms with Crippen LogP contribution in [0.15, 0.2) is 58.7 Å². The summed E-state index contributed by atoms with van der Waals surface area (Å²) in [5, 5.41) is 47.8. The molecule has 1 unspecified atom stereocenters. The van der Waals surface area contributed by atoms with Crippen molar-refractivity contribution in [2.24, 2.45) is 17.8 Å². The number of rotatable bonds is 28. The molecule has 21 nitrogen and oxygen atoms in total. The summed E-state index contributed by atoms with van der Waals surface area (Å²) in [4.78, 5) is 14.8. The molecular formula is C77H140O21Si3. The van der Waals surface area contributed by atoms with Crippen molar-refractivity contribution in [3.63, 3.8) is 0 Å². The first-order valence-electron chi connectivity index (χ1n) is 38.0. The van der Waals surface area contributed by atoms with Crippen molar-refractivity contribution in [2.75, 3.05) is 42.2 Å². The van der Waals surface area contributed by atoms with Crippen LogP contribution in [0.3, 0.4) is 0 Å². The molecule has 101 heavy (non-hydrogen) atoms. The lowest BCUT2D eigenvalue weighted by Crippen LogP contribution is -2.68. The summed E-state index contributed by atoms with van der Waals surface area (Å²) in [6, 6.07) is 5.31. The minimum Gasteiger partial charge on any atom is -0.456 e. The zero-order valence-electron chi connectivity index (χ0n) is 67.2. The van der Waals surface area contributed by atoms with Crippen molar-refractivity contribution in [3.05, 3.63) is 58.7 Å². The molecule has 586 valence electrons. The topological polar surface area (TPSA) is 246 Å². The van der Waals surface area contributed by atoms with E-state index >= 15 is 0 Å². The van der Waals surface area contributed by atoms with Crippen LogP contribution in [0.5, 0.6) is 0 Å². The average Bonchev–Trinajstić information content (AvgIpc) is 0.742. The van der Waals surface area contributed by atoms with E-state index in [1.54, 1.807) is 34.1 Å². The van der Waals surface area contributed by atoms with Gasteiger partial charge in [-0.25, -0.2) is 4.79 Å². The van der Waals surface area contributed by atoms with E-state index in [2.05, 4.69) is 89.3 Å². The lowest BCUT2D eigenvalue weighted by atomic mass is 9.76. The Balaban J connectivity index is 1.54.